The van der Waals surface area contributed by atoms with Crippen LogP contribution in [0.25, 0.3) is 27.7 Å². The van der Waals surface area contributed by atoms with Crippen LogP contribution >= 0.6 is 0 Å². The summed E-state index contributed by atoms with van der Waals surface area (Å²) in [6.07, 6.45) is 2.98. The Hall–Kier alpha value is -3.19. The Balaban J connectivity index is 1.84. The second-order valence-electron chi connectivity index (χ2n) is 8.11. The van der Waals surface area contributed by atoms with Gasteiger partial charge in [-0.15, -0.1) is 0 Å². The van der Waals surface area contributed by atoms with E-state index in [0.29, 0.717) is 11.2 Å². The third-order valence-electron chi connectivity index (χ3n) is 6.03. The molecular weight excluding hydrogens is 376 g/mol. The van der Waals surface area contributed by atoms with E-state index in [9.17, 15) is 4.79 Å². The van der Waals surface area contributed by atoms with Crippen LogP contribution in [0, 0.1) is 6.92 Å². The highest BCUT2D eigenvalue weighted by atomic mass is 16.1. The molecule has 1 N–H and O–H groups in total. The van der Waals surface area contributed by atoms with Crippen LogP contribution in [-0.4, -0.2) is 65.5 Å². The highest BCUT2D eigenvalue weighted by molar-refractivity contribution is 6.07. The average Bonchev–Trinajstić information content (AvgIpc) is 2.99. The van der Waals surface area contributed by atoms with E-state index in [-0.39, 0.29) is 5.91 Å². The molecule has 1 aliphatic heterocycles. The molecule has 1 fully saturated rings. The number of likely N-dealkylation sites (N-methyl/N-ethyl adjacent to an activating group) is 1. The number of carbonyl (C=O) groups is 1. The van der Waals surface area contributed by atoms with Crippen LogP contribution in [0.1, 0.15) is 22.3 Å². The summed E-state index contributed by atoms with van der Waals surface area (Å²) in [5.74, 6) is -0.140. The number of pyridine rings is 2. The number of imidazole rings is 1. The number of hydrogen-bond donors (Lipinski definition) is 1. The van der Waals surface area contributed by atoms with Crippen molar-refractivity contribution in [2.75, 3.05) is 45.2 Å². The van der Waals surface area contributed by atoms with E-state index in [0.717, 1.165) is 65.9 Å². The SMILES string of the molecule is CNC(=O)c1cc2c(N3CCCN(C)CC3)ccnc2n2c1nc1ccc(C)cc12. The molecule has 154 valence electrons. The van der Waals surface area contributed by atoms with Gasteiger partial charge < -0.3 is 15.1 Å². The molecule has 0 unspecified atom stereocenters. The number of anilines is 1. The van der Waals surface area contributed by atoms with E-state index in [2.05, 4.69) is 41.2 Å². The topological polar surface area (TPSA) is 65.8 Å². The molecule has 0 aliphatic carbocycles. The second kappa shape index (κ2) is 7.25. The lowest BCUT2D eigenvalue weighted by atomic mass is 10.1. The van der Waals surface area contributed by atoms with Crippen molar-refractivity contribution in [3.63, 3.8) is 0 Å². The Morgan fingerprint density at radius 2 is 1.93 bits per heavy atom. The lowest BCUT2D eigenvalue weighted by molar-refractivity contribution is 0.0964. The van der Waals surface area contributed by atoms with Crippen molar-refractivity contribution in [1.82, 2.24) is 24.6 Å². The van der Waals surface area contributed by atoms with Crippen molar-refractivity contribution in [3.8, 4) is 0 Å². The number of carbonyl (C=O) groups excluding carboxylic acids is 1. The fraction of sp³-hybridized carbons (Fsp3) is 0.348. The van der Waals surface area contributed by atoms with Crippen molar-refractivity contribution in [1.29, 1.82) is 0 Å². The van der Waals surface area contributed by atoms with Gasteiger partial charge in [0.15, 0.2) is 5.65 Å². The maximum atomic E-state index is 12.8. The molecule has 7 heteroatoms. The van der Waals surface area contributed by atoms with E-state index in [4.69, 9.17) is 9.97 Å². The van der Waals surface area contributed by atoms with Gasteiger partial charge >= 0.3 is 0 Å². The molecule has 0 bridgehead atoms. The van der Waals surface area contributed by atoms with Crippen molar-refractivity contribution in [2.45, 2.75) is 13.3 Å². The lowest BCUT2D eigenvalue weighted by Crippen LogP contribution is -2.29. The number of rotatable bonds is 2. The molecule has 7 nitrogen and oxygen atoms in total. The molecule has 0 spiro atoms. The molecule has 0 atom stereocenters. The average molecular weight is 403 g/mol. The maximum absolute atomic E-state index is 12.8. The first-order valence-electron chi connectivity index (χ1n) is 10.4. The summed E-state index contributed by atoms with van der Waals surface area (Å²) < 4.78 is 2.04. The normalized spacial score (nSPS) is 15.8. The van der Waals surface area contributed by atoms with Crippen LogP contribution in [0.3, 0.4) is 0 Å². The summed E-state index contributed by atoms with van der Waals surface area (Å²) >= 11 is 0. The number of aryl methyl sites for hydroxylation is 1. The largest absolute Gasteiger partial charge is 0.370 e. The van der Waals surface area contributed by atoms with Crippen molar-refractivity contribution >= 4 is 39.3 Å². The van der Waals surface area contributed by atoms with Gasteiger partial charge in [-0.1, -0.05) is 6.07 Å². The van der Waals surface area contributed by atoms with Crippen molar-refractivity contribution in [2.24, 2.45) is 0 Å². The molecule has 0 saturated carbocycles. The summed E-state index contributed by atoms with van der Waals surface area (Å²) in [6.45, 7) is 6.11. The molecule has 5 rings (SSSR count). The van der Waals surface area contributed by atoms with Crippen LogP contribution in [0.15, 0.2) is 36.5 Å². The third-order valence-corrected chi connectivity index (χ3v) is 6.03. The Labute approximate surface area is 175 Å². The highest BCUT2D eigenvalue weighted by Gasteiger charge is 2.21. The molecule has 1 aromatic carbocycles. The van der Waals surface area contributed by atoms with Gasteiger partial charge in [0.2, 0.25) is 0 Å². The number of fused-ring (bicyclic) bond motifs is 5. The molecule has 1 saturated heterocycles. The fourth-order valence-corrected chi connectivity index (χ4v) is 4.42. The van der Waals surface area contributed by atoms with Gasteiger partial charge in [-0.3, -0.25) is 9.20 Å². The van der Waals surface area contributed by atoms with Gasteiger partial charge in [0.1, 0.15) is 5.65 Å². The number of aromatic nitrogens is 3. The quantitative estimate of drug-likeness (QED) is 0.559. The Morgan fingerprint density at radius 1 is 1.07 bits per heavy atom. The van der Waals surface area contributed by atoms with Crippen LogP contribution in [0.4, 0.5) is 5.69 Å². The van der Waals surface area contributed by atoms with Crippen LogP contribution in [-0.2, 0) is 0 Å². The zero-order valence-electron chi connectivity index (χ0n) is 17.6. The Kier molecular flexibility index (Phi) is 4.55. The first-order valence-corrected chi connectivity index (χ1v) is 10.4. The van der Waals surface area contributed by atoms with Gasteiger partial charge in [-0.05, 0) is 56.8 Å². The molecule has 1 aliphatic rings. The van der Waals surface area contributed by atoms with Gasteiger partial charge in [-0.2, -0.15) is 0 Å². The molecule has 1 amide bonds. The number of hydrogen-bond acceptors (Lipinski definition) is 5. The second-order valence-corrected chi connectivity index (χ2v) is 8.11. The van der Waals surface area contributed by atoms with Crippen LogP contribution in [0.5, 0.6) is 0 Å². The van der Waals surface area contributed by atoms with Crippen molar-refractivity contribution in [3.05, 3.63) is 47.7 Å². The monoisotopic (exact) mass is 402 g/mol. The lowest BCUT2D eigenvalue weighted by Gasteiger charge is -2.24. The Morgan fingerprint density at radius 3 is 2.77 bits per heavy atom. The predicted octanol–water partition coefficient (Wildman–Crippen LogP) is 2.85. The summed E-state index contributed by atoms with van der Waals surface area (Å²) in [5, 5.41) is 3.76. The molecule has 3 aromatic heterocycles. The van der Waals surface area contributed by atoms with E-state index >= 15 is 0 Å². The molecule has 4 heterocycles. The van der Waals surface area contributed by atoms with Gasteiger partial charge in [0, 0.05) is 44.0 Å². The number of nitrogens with one attached hydrogen (secondary N) is 1. The minimum Gasteiger partial charge on any atom is -0.370 e. The fourth-order valence-electron chi connectivity index (χ4n) is 4.42. The number of amides is 1. The molecule has 4 aromatic rings. The van der Waals surface area contributed by atoms with Gasteiger partial charge in [-0.25, -0.2) is 9.97 Å². The smallest absolute Gasteiger partial charge is 0.254 e. The predicted molar refractivity (Wildman–Crippen MR) is 120 cm³/mol. The molecule has 30 heavy (non-hydrogen) atoms. The van der Waals surface area contributed by atoms with Crippen LogP contribution < -0.4 is 10.2 Å². The minimum absolute atomic E-state index is 0.140. The molecular formula is C23H26N6O. The first kappa shape index (κ1) is 18.8. The maximum Gasteiger partial charge on any atom is 0.254 e. The summed E-state index contributed by atoms with van der Waals surface area (Å²) in [4.78, 5) is 27.1. The zero-order chi connectivity index (χ0) is 20.8. The van der Waals surface area contributed by atoms with E-state index in [1.54, 1.807) is 7.05 Å². The third kappa shape index (κ3) is 2.97. The van der Waals surface area contributed by atoms with Gasteiger partial charge in [0.25, 0.3) is 5.91 Å². The summed E-state index contributed by atoms with van der Waals surface area (Å²) in [7, 11) is 3.83. The Bertz CT molecular complexity index is 1280. The standard InChI is InChI=1S/C23H26N6O/c1-15-5-6-18-20(13-15)29-21-16(14-17(22(29)26-18)23(30)24-2)19(7-8-25-21)28-10-4-9-27(3)11-12-28/h5-8,13-14H,4,9-12H2,1-3H3,(H,24,30). The first-order chi connectivity index (χ1) is 14.6. The molecule has 0 radical (unpaired) electrons. The zero-order valence-corrected chi connectivity index (χ0v) is 17.6. The van der Waals surface area contributed by atoms with Gasteiger partial charge in [0.05, 0.1) is 16.6 Å². The van der Waals surface area contributed by atoms with Crippen LogP contribution in [0.2, 0.25) is 0 Å². The van der Waals surface area contributed by atoms with E-state index < -0.39 is 0 Å². The minimum atomic E-state index is -0.140. The number of nitrogens with zero attached hydrogens (tertiary/aromatic N) is 5. The summed E-state index contributed by atoms with van der Waals surface area (Å²) in [5.41, 5.74) is 6.15. The highest BCUT2D eigenvalue weighted by Crippen LogP contribution is 2.32. The van der Waals surface area contributed by atoms with Crippen molar-refractivity contribution < 1.29 is 4.79 Å². The summed E-state index contributed by atoms with van der Waals surface area (Å²) in [6, 6.07) is 10.2. The van der Waals surface area contributed by atoms with E-state index in [1.807, 2.05) is 28.8 Å². The number of benzene rings is 1. The van der Waals surface area contributed by atoms with E-state index in [1.165, 1.54) is 0 Å².